The van der Waals surface area contributed by atoms with Crippen LogP contribution in [0.5, 0.6) is 0 Å². The SMILES string of the molecule is CCNc1cc(NC2CCSCC2)nc(C2CC2)n1. The Hall–Kier alpha value is -0.970. The molecule has 0 radical (unpaired) electrons. The summed E-state index contributed by atoms with van der Waals surface area (Å²) in [7, 11) is 0. The Morgan fingerprint density at radius 1 is 1.16 bits per heavy atom. The number of nitrogens with one attached hydrogen (secondary N) is 2. The summed E-state index contributed by atoms with van der Waals surface area (Å²) in [6.45, 7) is 3.00. The quantitative estimate of drug-likeness (QED) is 0.867. The number of hydrogen-bond acceptors (Lipinski definition) is 5. The van der Waals surface area contributed by atoms with Gasteiger partial charge in [0.15, 0.2) is 0 Å². The van der Waals surface area contributed by atoms with Gasteiger partial charge in [-0.3, -0.25) is 0 Å². The summed E-state index contributed by atoms with van der Waals surface area (Å²) in [6, 6.07) is 2.63. The zero-order chi connectivity index (χ0) is 13.1. The van der Waals surface area contributed by atoms with Crippen LogP contribution in [0, 0.1) is 0 Å². The van der Waals surface area contributed by atoms with Gasteiger partial charge in [-0.05, 0) is 44.1 Å². The molecule has 104 valence electrons. The number of nitrogens with zero attached hydrogens (tertiary/aromatic N) is 2. The molecular weight excluding hydrogens is 256 g/mol. The average Bonchev–Trinajstić information content (AvgIpc) is 3.24. The summed E-state index contributed by atoms with van der Waals surface area (Å²) < 4.78 is 0. The van der Waals surface area contributed by atoms with E-state index in [9.17, 15) is 0 Å². The molecule has 1 saturated heterocycles. The van der Waals surface area contributed by atoms with E-state index >= 15 is 0 Å². The van der Waals surface area contributed by atoms with Crippen molar-refractivity contribution in [3.8, 4) is 0 Å². The molecule has 0 amide bonds. The lowest BCUT2D eigenvalue weighted by Gasteiger charge is -2.23. The molecular formula is C14H22N4S. The third kappa shape index (κ3) is 3.53. The first-order valence-electron chi connectivity index (χ1n) is 7.32. The molecule has 2 heterocycles. The normalized spacial score (nSPS) is 20.3. The van der Waals surface area contributed by atoms with Gasteiger partial charge in [-0.1, -0.05) is 0 Å². The second-order valence-electron chi connectivity index (χ2n) is 5.33. The van der Waals surface area contributed by atoms with Crippen LogP contribution in [0.3, 0.4) is 0 Å². The van der Waals surface area contributed by atoms with Gasteiger partial charge in [0.05, 0.1) is 0 Å². The maximum Gasteiger partial charge on any atom is 0.136 e. The Bertz CT molecular complexity index is 427. The van der Waals surface area contributed by atoms with Crippen molar-refractivity contribution in [2.24, 2.45) is 0 Å². The van der Waals surface area contributed by atoms with Gasteiger partial charge in [0.1, 0.15) is 17.5 Å². The summed E-state index contributed by atoms with van der Waals surface area (Å²) in [5.74, 6) is 6.11. The van der Waals surface area contributed by atoms with Gasteiger partial charge in [0.2, 0.25) is 0 Å². The van der Waals surface area contributed by atoms with Crippen molar-refractivity contribution in [3.63, 3.8) is 0 Å². The van der Waals surface area contributed by atoms with E-state index in [1.165, 1.54) is 37.2 Å². The molecule has 1 aliphatic carbocycles. The number of thioether (sulfide) groups is 1. The molecule has 0 spiro atoms. The standard InChI is InChI=1S/C14H22N4S/c1-2-15-12-9-13(16-11-5-7-19-8-6-11)18-14(17-12)10-3-4-10/h9-11H,2-8H2,1H3,(H2,15,16,17,18). The third-order valence-corrected chi connectivity index (χ3v) is 4.67. The van der Waals surface area contributed by atoms with Gasteiger partial charge >= 0.3 is 0 Å². The first kappa shape index (κ1) is 13.0. The summed E-state index contributed by atoms with van der Waals surface area (Å²) in [6.07, 6.45) is 4.97. The van der Waals surface area contributed by atoms with E-state index in [2.05, 4.69) is 40.4 Å². The minimum atomic E-state index is 0.581. The largest absolute Gasteiger partial charge is 0.370 e. The molecule has 0 bridgehead atoms. The van der Waals surface area contributed by atoms with E-state index in [-0.39, 0.29) is 0 Å². The molecule has 1 aliphatic heterocycles. The van der Waals surface area contributed by atoms with E-state index in [1.807, 2.05) is 0 Å². The van der Waals surface area contributed by atoms with Crippen molar-refractivity contribution < 1.29 is 0 Å². The van der Waals surface area contributed by atoms with E-state index in [1.54, 1.807) is 0 Å². The van der Waals surface area contributed by atoms with Crippen LogP contribution in [-0.2, 0) is 0 Å². The van der Waals surface area contributed by atoms with Gasteiger partial charge in [-0.15, -0.1) is 0 Å². The monoisotopic (exact) mass is 278 g/mol. The molecule has 1 aromatic heterocycles. The zero-order valence-electron chi connectivity index (χ0n) is 11.5. The first-order valence-corrected chi connectivity index (χ1v) is 8.47. The first-order chi connectivity index (χ1) is 9.35. The fourth-order valence-electron chi connectivity index (χ4n) is 2.39. The Kier molecular flexibility index (Phi) is 4.11. The van der Waals surface area contributed by atoms with Crippen LogP contribution in [0.25, 0.3) is 0 Å². The van der Waals surface area contributed by atoms with Crippen LogP contribution < -0.4 is 10.6 Å². The van der Waals surface area contributed by atoms with Crippen LogP contribution in [0.4, 0.5) is 11.6 Å². The van der Waals surface area contributed by atoms with Crippen molar-refractivity contribution in [3.05, 3.63) is 11.9 Å². The highest BCUT2D eigenvalue weighted by molar-refractivity contribution is 7.99. The molecule has 1 aromatic rings. The summed E-state index contributed by atoms with van der Waals surface area (Å²) in [5, 5.41) is 6.91. The fraction of sp³-hybridized carbons (Fsp3) is 0.714. The molecule has 4 nitrogen and oxygen atoms in total. The van der Waals surface area contributed by atoms with E-state index < -0.39 is 0 Å². The van der Waals surface area contributed by atoms with E-state index in [0.717, 1.165) is 24.0 Å². The maximum atomic E-state index is 4.70. The maximum absolute atomic E-state index is 4.70. The van der Waals surface area contributed by atoms with Crippen LogP contribution in [0.1, 0.15) is 44.3 Å². The molecule has 3 rings (SSSR count). The molecule has 19 heavy (non-hydrogen) atoms. The van der Waals surface area contributed by atoms with Crippen molar-refractivity contribution >= 4 is 23.4 Å². The smallest absolute Gasteiger partial charge is 0.136 e. The summed E-state index contributed by atoms with van der Waals surface area (Å²) >= 11 is 2.05. The topological polar surface area (TPSA) is 49.8 Å². The summed E-state index contributed by atoms with van der Waals surface area (Å²) in [5.41, 5.74) is 0. The predicted molar refractivity (Wildman–Crippen MR) is 82.1 cm³/mol. The predicted octanol–water partition coefficient (Wildman–Crippen LogP) is 3.09. The molecule has 0 unspecified atom stereocenters. The average molecular weight is 278 g/mol. The van der Waals surface area contributed by atoms with Gasteiger partial charge in [-0.25, -0.2) is 9.97 Å². The van der Waals surface area contributed by atoms with Gasteiger partial charge in [0, 0.05) is 24.6 Å². The zero-order valence-corrected chi connectivity index (χ0v) is 12.3. The Balaban J connectivity index is 1.74. The van der Waals surface area contributed by atoms with Gasteiger partial charge in [-0.2, -0.15) is 11.8 Å². The fourth-order valence-corrected chi connectivity index (χ4v) is 3.49. The van der Waals surface area contributed by atoms with Crippen LogP contribution >= 0.6 is 11.8 Å². The number of aromatic nitrogens is 2. The van der Waals surface area contributed by atoms with Gasteiger partial charge in [0.25, 0.3) is 0 Å². The number of hydrogen-bond donors (Lipinski definition) is 2. The van der Waals surface area contributed by atoms with Crippen LogP contribution in [-0.4, -0.2) is 34.1 Å². The third-order valence-electron chi connectivity index (χ3n) is 3.62. The molecule has 2 aliphatic rings. The Morgan fingerprint density at radius 3 is 2.58 bits per heavy atom. The minimum absolute atomic E-state index is 0.581. The van der Waals surface area contributed by atoms with Crippen molar-refractivity contribution in [1.29, 1.82) is 0 Å². The second-order valence-corrected chi connectivity index (χ2v) is 6.56. The Morgan fingerprint density at radius 2 is 1.89 bits per heavy atom. The highest BCUT2D eigenvalue weighted by Crippen LogP contribution is 2.39. The lowest BCUT2D eigenvalue weighted by atomic mass is 10.1. The Labute approximate surface area is 119 Å². The second kappa shape index (κ2) is 5.99. The summed E-state index contributed by atoms with van der Waals surface area (Å²) in [4.78, 5) is 9.31. The van der Waals surface area contributed by atoms with Crippen LogP contribution in [0.2, 0.25) is 0 Å². The molecule has 5 heteroatoms. The molecule has 2 N–H and O–H groups in total. The van der Waals surface area contributed by atoms with E-state index in [0.29, 0.717) is 12.0 Å². The van der Waals surface area contributed by atoms with Crippen LogP contribution in [0.15, 0.2) is 6.07 Å². The van der Waals surface area contributed by atoms with Gasteiger partial charge < -0.3 is 10.6 Å². The molecule has 0 aromatic carbocycles. The van der Waals surface area contributed by atoms with E-state index in [4.69, 9.17) is 4.98 Å². The molecule has 1 saturated carbocycles. The molecule has 0 atom stereocenters. The highest BCUT2D eigenvalue weighted by Gasteiger charge is 2.27. The van der Waals surface area contributed by atoms with Crippen molar-refractivity contribution in [1.82, 2.24) is 9.97 Å². The lowest BCUT2D eigenvalue weighted by molar-refractivity contribution is 0.662. The number of anilines is 2. The number of rotatable bonds is 5. The van der Waals surface area contributed by atoms with Crippen molar-refractivity contribution in [2.75, 3.05) is 28.7 Å². The minimum Gasteiger partial charge on any atom is -0.370 e. The lowest BCUT2D eigenvalue weighted by Crippen LogP contribution is -2.25. The van der Waals surface area contributed by atoms with Crippen molar-refractivity contribution in [2.45, 2.75) is 44.6 Å². The highest BCUT2D eigenvalue weighted by atomic mass is 32.2. The molecule has 2 fully saturated rings.